The minimum absolute atomic E-state index is 0.266. The Morgan fingerprint density at radius 3 is 2.30 bits per heavy atom. The molecule has 0 amide bonds. The van der Waals surface area contributed by atoms with Gasteiger partial charge in [-0.3, -0.25) is 0 Å². The molecule has 0 unspecified atom stereocenters. The van der Waals surface area contributed by atoms with Gasteiger partial charge in [-0.15, -0.1) is 6.58 Å². The number of allylic oxidation sites excluding steroid dienone is 1. The Bertz CT molecular complexity index is 969. The maximum atomic E-state index is 13.1. The summed E-state index contributed by atoms with van der Waals surface area (Å²) in [7, 11) is 3.27. The van der Waals surface area contributed by atoms with E-state index < -0.39 is 0 Å². The van der Waals surface area contributed by atoms with Gasteiger partial charge in [-0.1, -0.05) is 18.2 Å². The smallest absolute Gasteiger partial charge is 0.165 e. The van der Waals surface area contributed by atoms with Gasteiger partial charge >= 0.3 is 0 Å². The van der Waals surface area contributed by atoms with E-state index in [4.69, 9.17) is 14.2 Å². The van der Waals surface area contributed by atoms with Gasteiger partial charge in [0.2, 0.25) is 0 Å². The second-order valence-corrected chi connectivity index (χ2v) is 6.78. The van der Waals surface area contributed by atoms with Crippen LogP contribution < -0.4 is 19.5 Å². The molecule has 3 aromatic rings. The SMILES string of the molecule is C=CCc1cc(CNc2ccc(OC)cc2)cc(OC)c1OCc1ccc(F)cc1. The van der Waals surface area contributed by atoms with Crippen molar-refractivity contribution in [2.45, 2.75) is 19.6 Å². The van der Waals surface area contributed by atoms with E-state index in [-0.39, 0.29) is 5.82 Å². The van der Waals surface area contributed by atoms with Gasteiger partial charge in [0.25, 0.3) is 0 Å². The molecule has 0 aliphatic heterocycles. The molecular formula is C25H26FNO3. The van der Waals surface area contributed by atoms with E-state index in [1.807, 2.05) is 36.4 Å². The summed E-state index contributed by atoms with van der Waals surface area (Å²) in [6.45, 7) is 4.81. The van der Waals surface area contributed by atoms with Crippen LogP contribution in [0.5, 0.6) is 17.2 Å². The Morgan fingerprint density at radius 2 is 1.67 bits per heavy atom. The molecule has 0 heterocycles. The number of rotatable bonds is 10. The fourth-order valence-corrected chi connectivity index (χ4v) is 3.10. The molecule has 3 aromatic carbocycles. The van der Waals surface area contributed by atoms with E-state index in [1.165, 1.54) is 12.1 Å². The van der Waals surface area contributed by atoms with E-state index in [0.717, 1.165) is 28.1 Å². The monoisotopic (exact) mass is 407 g/mol. The highest BCUT2D eigenvalue weighted by Crippen LogP contribution is 2.34. The van der Waals surface area contributed by atoms with E-state index in [9.17, 15) is 4.39 Å². The molecule has 0 aliphatic carbocycles. The maximum Gasteiger partial charge on any atom is 0.165 e. The standard InChI is InChI=1S/C25H26FNO3/c1-4-5-20-14-19(16-27-22-10-12-23(28-2)13-11-22)15-24(29-3)25(20)30-17-18-6-8-21(26)9-7-18/h4,6-15,27H,1,5,16-17H2,2-3H3. The van der Waals surface area contributed by atoms with Crippen molar-refractivity contribution >= 4 is 5.69 Å². The van der Waals surface area contributed by atoms with Gasteiger partial charge in [0.05, 0.1) is 14.2 Å². The lowest BCUT2D eigenvalue weighted by atomic mass is 10.1. The van der Waals surface area contributed by atoms with Gasteiger partial charge in [-0.05, 0) is 66.1 Å². The largest absolute Gasteiger partial charge is 0.497 e. The van der Waals surface area contributed by atoms with Crippen LogP contribution in [-0.2, 0) is 19.6 Å². The molecule has 156 valence electrons. The molecule has 0 fully saturated rings. The summed E-state index contributed by atoms with van der Waals surface area (Å²) in [5.74, 6) is 1.88. The predicted molar refractivity (Wildman–Crippen MR) is 118 cm³/mol. The van der Waals surface area contributed by atoms with Crippen LogP contribution in [0.4, 0.5) is 10.1 Å². The number of ether oxygens (including phenoxy) is 3. The molecule has 4 nitrogen and oxygen atoms in total. The highest BCUT2D eigenvalue weighted by Gasteiger charge is 2.13. The first-order valence-electron chi connectivity index (χ1n) is 9.68. The summed E-state index contributed by atoms with van der Waals surface area (Å²) < 4.78 is 30.0. The van der Waals surface area contributed by atoms with Crippen LogP contribution in [0.3, 0.4) is 0 Å². The molecule has 0 saturated carbocycles. The third kappa shape index (κ3) is 5.54. The number of hydrogen-bond acceptors (Lipinski definition) is 4. The normalized spacial score (nSPS) is 10.4. The van der Waals surface area contributed by atoms with Crippen LogP contribution in [0, 0.1) is 5.82 Å². The average molecular weight is 407 g/mol. The highest BCUT2D eigenvalue weighted by molar-refractivity contribution is 5.52. The van der Waals surface area contributed by atoms with E-state index >= 15 is 0 Å². The fraction of sp³-hybridized carbons (Fsp3) is 0.200. The lowest BCUT2D eigenvalue weighted by molar-refractivity contribution is 0.281. The van der Waals surface area contributed by atoms with Crippen LogP contribution in [0.1, 0.15) is 16.7 Å². The van der Waals surface area contributed by atoms with Gasteiger partial charge in [-0.25, -0.2) is 4.39 Å². The number of anilines is 1. The second-order valence-electron chi connectivity index (χ2n) is 6.78. The van der Waals surface area contributed by atoms with E-state index in [2.05, 4.69) is 18.0 Å². The van der Waals surface area contributed by atoms with Gasteiger partial charge in [0.15, 0.2) is 11.5 Å². The molecule has 0 radical (unpaired) electrons. The van der Waals surface area contributed by atoms with Crippen molar-refractivity contribution in [2.24, 2.45) is 0 Å². The quantitative estimate of drug-likeness (QED) is 0.434. The molecule has 0 spiro atoms. The second kappa shape index (κ2) is 10.3. The Morgan fingerprint density at radius 1 is 0.933 bits per heavy atom. The molecule has 1 N–H and O–H groups in total. The Kier molecular flexibility index (Phi) is 7.33. The highest BCUT2D eigenvalue weighted by atomic mass is 19.1. The molecule has 5 heteroatoms. The van der Waals surface area contributed by atoms with E-state index in [1.54, 1.807) is 26.4 Å². The lowest BCUT2D eigenvalue weighted by Crippen LogP contribution is -2.05. The maximum absolute atomic E-state index is 13.1. The zero-order valence-electron chi connectivity index (χ0n) is 17.3. The van der Waals surface area contributed by atoms with Crippen molar-refractivity contribution in [1.82, 2.24) is 0 Å². The van der Waals surface area contributed by atoms with Gasteiger partial charge in [-0.2, -0.15) is 0 Å². The Labute approximate surface area is 176 Å². The van der Waals surface area contributed by atoms with Gasteiger partial charge in [0.1, 0.15) is 18.2 Å². The Balaban J connectivity index is 1.77. The summed E-state index contributed by atoms with van der Waals surface area (Å²) in [6, 6.07) is 18.1. The third-order valence-electron chi connectivity index (χ3n) is 4.66. The molecule has 0 aliphatic rings. The number of methoxy groups -OCH3 is 2. The molecule has 0 aromatic heterocycles. The number of hydrogen-bond donors (Lipinski definition) is 1. The zero-order chi connectivity index (χ0) is 21.3. The lowest BCUT2D eigenvalue weighted by Gasteiger charge is -2.17. The van der Waals surface area contributed by atoms with Crippen molar-refractivity contribution < 1.29 is 18.6 Å². The number of halogens is 1. The Hall–Kier alpha value is -3.47. The summed E-state index contributed by atoms with van der Waals surface area (Å²) >= 11 is 0. The van der Waals surface area contributed by atoms with Crippen LogP contribution in [0.25, 0.3) is 0 Å². The average Bonchev–Trinajstić information content (AvgIpc) is 2.78. The molecule has 30 heavy (non-hydrogen) atoms. The van der Waals surface area contributed by atoms with Gasteiger partial charge < -0.3 is 19.5 Å². The summed E-state index contributed by atoms with van der Waals surface area (Å²) in [6.07, 6.45) is 2.48. The van der Waals surface area contributed by atoms with Crippen molar-refractivity contribution in [3.05, 3.63) is 95.8 Å². The van der Waals surface area contributed by atoms with Crippen molar-refractivity contribution in [3.8, 4) is 17.2 Å². The van der Waals surface area contributed by atoms with Crippen LogP contribution in [-0.4, -0.2) is 14.2 Å². The van der Waals surface area contributed by atoms with Crippen LogP contribution in [0.2, 0.25) is 0 Å². The molecule has 0 bridgehead atoms. The number of nitrogens with one attached hydrogen (secondary N) is 1. The first-order chi connectivity index (χ1) is 14.6. The predicted octanol–water partition coefficient (Wildman–Crippen LogP) is 5.76. The fourth-order valence-electron chi connectivity index (χ4n) is 3.10. The molecular weight excluding hydrogens is 381 g/mol. The van der Waals surface area contributed by atoms with Crippen molar-refractivity contribution in [1.29, 1.82) is 0 Å². The molecule has 0 atom stereocenters. The third-order valence-corrected chi connectivity index (χ3v) is 4.66. The zero-order valence-corrected chi connectivity index (χ0v) is 17.3. The van der Waals surface area contributed by atoms with E-state index in [0.29, 0.717) is 31.1 Å². The first kappa shape index (κ1) is 21.2. The number of benzene rings is 3. The molecule has 0 saturated heterocycles. The van der Waals surface area contributed by atoms with Crippen molar-refractivity contribution in [3.63, 3.8) is 0 Å². The summed E-state index contributed by atoms with van der Waals surface area (Å²) in [5.41, 5.74) is 3.93. The minimum Gasteiger partial charge on any atom is -0.497 e. The minimum atomic E-state index is -0.266. The summed E-state index contributed by atoms with van der Waals surface area (Å²) in [5, 5.41) is 3.40. The van der Waals surface area contributed by atoms with Gasteiger partial charge in [0, 0.05) is 17.8 Å². The molecule has 3 rings (SSSR count). The van der Waals surface area contributed by atoms with Crippen LogP contribution >= 0.6 is 0 Å². The van der Waals surface area contributed by atoms with Crippen molar-refractivity contribution in [2.75, 3.05) is 19.5 Å². The van der Waals surface area contributed by atoms with Crippen LogP contribution in [0.15, 0.2) is 73.3 Å². The first-order valence-corrected chi connectivity index (χ1v) is 9.68. The summed E-state index contributed by atoms with van der Waals surface area (Å²) in [4.78, 5) is 0. The topological polar surface area (TPSA) is 39.7 Å².